The molecule has 1 rings (SSSR count). The third-order valence-corrected chi connectivity index (χ3v) is 2.37. The summed E-state index contributed by atoms with van der Waals surface area (Å²) in [5, 5.41) is 13.5. The van der Waals surface area contributed by atoms with Gasteiger partial charge in [0.05, 0.1) is 0 Å². The molecule has 0 fully saturated rings. The molecule has 0 aliphatic rings. The maximum Gasteiger partial charge on any atom is 0.270 e. The first-order valence-electron chi connectivity index (χ1n) is 4.44. The molecule has 0 bridgehead atoms. The number of hydrogen-bond acceptors (Lipinski definition) is 3. The highest BCUT2D eigenvalue weighted by Crippen LogP contribution is 2.21. The quantitative estimate of drug-likeness (QED) is 0.503. The van der Waals surface area contributed by atoms with Gasteiger partial charge in [0.15, 0.2) is 0 Å². The van der Waals surface area contributed by atoms with Crippen molar-refractivity contribution in [2.45, 2.75) is 13.3 Å². The molecule has 15 heavy (non-hydrogen) atoms. The van der Waals surface area contributed by atoms with Gasteiger partial charge in [0, 0.05) is 10.2 Å². The molecule has 4 nitrogen and oxygen atoms in total. The Labute approximate surface area is 96.1 Å². The lowest BCUT2D eigenvalue weighted by Crippen LogP contribution is -2.13. The Bertz CT molecular complexity index is 391. The van der Waals surface area contributed by atoms with Crippen LogP contribution >= 0.6 is 15.9 Å². The van der Waals surface area contributed by atoms with Crippen LogP contribution in [0.5, 0.6) is 0 Å². The van der Waals surface area contributed by atoms with E-state index >= 15 is 0 Å². The molecular weight excluding hydrogens is 260 g/mol. The van der Waals surface area contributed by atoms with Crippen molar-refractivity contribution in [3.63, 3.8) is 0 Å². The standard InChI is InChI=1S/C10H11BrN2O2/c1-2-7-5-8(11)3-4-9(7)13-10(14)6-12-15/h3-6,15H,2H2,1H3,(H,13,14). The smallest absolute Gasteiger partial charge is 0.270 e. The van der Waals surface area contributed by atoms with Crippen LogP contribution < -0.4 is 5.32 Å². The van der Waals surface area contributed by atoms with E-state index in [1.807, 2.05) is 19.1 Å². The van der Waals surface area contributed by atoms with Crippen molar-refractivity contribution in [2.75, 3.05) is 5.32 Å². The number of nitrogens with zero attached hydrogens (tertiary/aromatic N) is 1. The number of aryl methyl sites for hydroxylation is 1. The van der Waals surface area contributed by atoms with Crippen LogP contribution in [0, 0.1) is 0 Å². The van der Waals surface area contributed by atoms with Gasteiger partial charge in [-0.15, -0.1) is 0 Å². The first kappa shape index (κ1) is 11.7. The van der Waals surface area contributed by atoms with Crippen LogP contribution in [0.2, 0.25) is 0 Å². The fourth-order valence-electron chi connectivity index (χ4n) is 1.19. The molecule has 0 aliphatic heterocycles. The molecule has 1 aromatic rings. The molecule has 80 valence electrons. The summed E-state index contributed by atoms with van der Waals surface area (Å²) in [7, 11) is 0. The molecule has 1 aromatic carbocycles. The number of hydrogen-bond donors (Lipinski definition) is 2. The van der Waals surface area contributed by atoms with Gasteiger partial charge >= 0.3 is 0 Å². The molecule has 0 atom stereocenters. The topological polar surface area (TPSA) is 61.7 Å². The molecular formula is C10H11BrN2O2. The lowest BCUT2D eigenvalue weighted by atomic mass is 10.1. The van der Waals surface area contributed by atoms with Crippen molar-refractivity contribution >= 4 is 33.7 Å². The fraction of sp³-hybridized carbons (Fsp3) is 0.200. The van der Waals surface area contributed by atoms with Gasteiger partial charge in [-0.25, -0.2) is 0 Å². The Morgan fingerprint density at radius 3 is 3.00 bits per heavy atom. The molecule has 0 aliphatic carbocycles. The second-order valence-corrected chi connectivity index (χ2v) is 3.80. The van der Waals surface area contributed by atoms with Crippen LogP contribution in [-0.4, -0.2) is 17.3 Å². The van der Waals surface area contributed by atoms with Gasteiger partial charge in [0.2, 0.25) is 0 Å². The predicted molar refractivity (Wildman–Crippen MR) is 62.4 cm³/mol. The number of rotatable bonds is 3. The van der Waals surface area contributed by atoms with Crippen molar-refractivity contribution < 1.29 is 10.0 Å². The molecule has 2 N–H and O–H groups in total. The maximum atomic E-state index is 11.1. The number of carbonyl (C=O) groups is 1. The third kappa shape index (κ3) is 3.36. The van der Waals surface area contributed by atoms with Gasteiger partial charge in [-0.05, 0) is 30.2 Å². The van der Waals surface area contributed by atoms with E-state index in [4.69, 9.17) is 5.21 Å². The van der Waals surface area contributed by atoms with Crippen molar-refractivity contribution in [1.29, 1.82) is 0 Å². The number of halogens is 1. The summed E-state index contributed by atoms with van der Waals surface area (Å²) in [5.74, 6) is -0.450. The summed E-state index contributed by atoms with van der Waals surface area (Å²) in [4.78, 5) is 11.1. The highest BCUT2D eigenvalue weighted by molar-refractivity contribution is 9.10. The highest BCUT2D eigenvalue weighted by atomic mass is 79.9. The van der Waals surface area contributed by atoms with E-state index in [1.165, 1.54) is 0 Å². The molecule has 0 heterocycles. The fourth-order valence-corrected chi connectivity index (χ4v) is 1.60. The molecule has 0 aromatic heterocycles. The summed E-state index contributed by atoms with van der Waals surface area (Å²) >= 11 is 3.36. The van der Waals surface area contributed by atoms with Crippen LogP contribution in [0.1, 0.15) is 12.5 Å². The van der Waals surface area contributed by atoms with Crippen molar-refractivity contribution in [1.82, 2.24) is 0 Å². The molecule has 0 saturated carbocycles. The summed E-state index contributed by atoms with van der Waals surface area (Å²) in [6.45, 7) is 2.00. The Kier molecular flexibility index (Phi) is 4.30. The van der Waals surface area contributed by atoms with E-state index in [0.717, 1.165) is 28.4 Å². The van der Waals surface area contributed by atoms with Gasteiger partial charge in [-0.1, -0.05) is 28.0 Å². The summed E-state index contributed by atoms with van der Waals surface area (Å²) in [6.07, 6.45) is 1.63. The number of carbonyl (C=O) groups excluding carboxylic acids is 1. The second-order valence-electron chi connectivity index (χ2n) is 2.89. The highest BCUT2D eigenvalue weighted by Gasteiger charge is 2.04. The lowest BCUT2D eigenvalue weighted by molar-refractivity contribution is -0.110. The van der Waals surface area contributed by atoms with E-state index in [1.54, 1.807) is 6.07 Å². The Morgan fingerprint density at radius 2 is 2.40 bits per heavy atom. The number of anilines is 1. The Hall–Kier alpha value is -1.36. The van der Waals surface area contributed by atoms with Crippen molar-refractivity contribution in [3.8, 4) is 0 Å². The number of amides is 1. The zero-order valence-electron chi connectivity index (χ0n) is 8.20. The van der Waals surface area contributed by atoms with Crippen LogP contribution in [0.15, 0.2) is 27.8 Å². The van der Waals surface area contributed by atoms with Crippen molar-refractivity contribution in [2.24, 2.45) is 5.16 Å². The van der Waals surface area contributed by atoms with Gasteiger partial charge in [0.25, 0.3) is 5.91 Å². The van der Waals surface area contributed by atoms with E-state index in [0.29, 0.717) is 0 Å². The van der Waals surface area contributed by atoms with Crippen LogP contribution in [0.3, 0.4) is 0 Å². The molecule has 5 heteroatoms. The van der Waals surface area contributed by atoms with E-state index < -0.39 is 5.91 Å². The number of oxime groups is 1. The Morgan fingerprint density at radius 1 is 1.67 bits per heavy atom. The van der Waals surface area contributed by atoms with Gasteiger partial charge in [-0.2, -0.15) is 0 Å². The van der Waals surface area contributed by atoms with Crippen molar-refractivity contribution in [3.05, 3.63) is 28.2 Å². The largest absolute Gasteiger partial charge is 0.411 e. The Balaban J connectivity index is 2.89. The van der Waals surface area contributed by atoms with Crippen LogP contribution in [0.4, 0.5) is 5.69 Å². The minimum absolute atomic E-state index is 0.450. The summed E-state index contributed by atoms with van der Waals surface area (Å²) in [6, 6.07) is 5.57. The van der Waals surface area contributed by atoms with Gasteiger partial charge in [0.1, 0.15) is 6.21 Å². The van der Waals surface area contributed by atoms with Gasteiger partial charge in [-0.3, -0.25) is 4.79 Å². The first-order valence-corrected chi connectivity index (χ1v) is 5.23. The SMILES string of the molecule is CCc1cc(Br)ccc1NC(=O)C=NO. The monoisotopic (exact) mass is 270 g/mol. The first-order chi connectivity index (χ1) is 7.17. The average molecular weight is 271 g/mol. The second kappa shape index (κ2) is 5.50. The maximum absolute atomic E-state index is 11.1. The molecule has 0 saturated heterocycles. The zero-order valence-corrected chi connectivity index (χ0v) is 9.78. The predicted octanol–water partition coefficient (Wildman–Crippen LogP) is 2.41. The molecule has 1 amide bonds. The third-order valence-electron chi connectivity index (χ3n) is 1.88. The summed E-state index contributed by atoms with van der Waals surface area (Å²) < 4.78 is 0.966. The lowest BCUT2D eigenvalue weighted by Gasteiger charge is -2.08. The molecule has 0 spiro atoms. The number of benzene rings is 1. The zero-order chi connectivity index (χ0) is 11.3. The normalized spacial score (nSPS) is 10.5. The average Bonchev–Trinajstić information content (AvgIpc) is 2.21. The molecule has 0 unspecified atom stereocenters. The molecule has 0 radical (unpaired) electrons. The minimum atomic E-state index is -0.450. The number of nitrogens with one attached hydrogen (secondary N) is 1. The minimum Gasteiger partial charge on any atom is -0.411 e. The van der Waals surface area contributed by atoms with E-state index in [2.05, 4.69) is 26.4 Å². The van der Waals surface area contributed by atoms with E-state index in [9.17, 15) is 4.79 Å². The summed E-state index contributed by atoms with van der Waals surface area (Å²) in [5.41, 5.74) is 1.75. The van der Waals surface area contributed by atoms with Gasteiger partial charge < -0.3 is 10.5 Å². The van der Waals surface area contributed by atoms with Crippen LogP contribution in [-0.2, 0) is 11.2 Å². The van der Waals surface area contributed by atoms with Crippen LogP contribution in [0.25, 0.3) is 0 Å². The van der Waals surface area contributed by atoms with E-state index in [-0.39, 0.29) is 0 Å².